The van der Waals surface area contributed by atoms with Gasteiger partial charge in [0.15, 0.2) is 0 Å². The Hall–Kier alpha value is -1.19. The minimum Gasteiger partial charge on any atom is -0.306 e. The number of thiazole rings is 1. The molecule has 1 aromatic heterocycles. The van der Waals surface area contributed by atoms with Crippen molar-refractivity contribution in [1.82, 2.24) is 10.3 Å². The van der Waals surface area contributed by atoms with E-state index in [9.17, 15) is 0 Å². The molecule has 0 amide bonds. The van der Waals surface area contributed by atoms with Crippen molar-refractivity contribution in [3.63, 3.8) is 0 Å². The third-order valence-corrected chi connectivity index (χ3v) is 4.17. The van der Waals surface area contributed by atoms with Crippen molar-refractivity contribution in [1.29, 1.82) is 0 Å². The second-order valence-corrected chi connectivity index (χ2v) is 5.44. The van der Waals surface area contributed by atoms with Crippen LogP contribution in [-0.2, 0) is 25.9 Å². The van der Waals surface area contributed by atoms with Crippen LogP contribution in [0.2, 0.25) is 0 Å². The lowest BCUT2D eigenvalue weighted by Gasteiger charge is -2.02. The average Bonchev–Trinajstić information content (AvgIpc) is 2.82. The van der Waals surface area contributed by atoms with Gasteiger partial charge in [0, 0.05) is 18.0 Å². The highest BCUT2D eigenvalue weighted by atomic mass is 32.1. The van der Waals surface area contributed by atoms with E-state index in [0.29, 0.717) is 0 Å². The summed E-state index contributed by atoms with van der Waals surface area (Å²) in [5.41, 5.74) is 2.60. The molecule has 2 aromatic rings. The zero-order valence-corrected chi connectivity index (χ0v) is 11.9. The summed E-state index contributed by atoms with van der Waals surface area (Å²) in [6.45, 7) is 6.15. The Labute approximate surface area is 113 Å². The third-order valence-electron chi connectivity index (χ3n) is 2.93. The summed E-state index contributed by atoms with van der Waals surface area (Å²) >= 11 is 1.85. The molecular formula is C15H20N2S. The van der Waals surface area contributed by atoms with Crippen LogP contribution in [0.1, 0.15) is 35.0 Å². The minimum absolute atomic E-state index is 0.868. The molecule has 1 aromatic carbocycles. The number of aromatic nitrogens is 1. The van der Waals surface area contributed by atoms with E-state index in [4.69, 9.17) is 0 Å². The van der Waals surface area contributed by atoms with Gasteiger partial charge in [-0.1, -0.05) is 44.2 Å². The summed E-state index contributed by atoms with van der Waals surface area (Å²) in [6, 6.07) is 10.5. The Morgan fingerprint density at radius 3 is 2.44 bits per heavy atom. The van der Waals surface area contributed by atoms with Crippen molar-refractivity contribution in [2.24, 2.45) is 0 Å². The monoisotopic (exact) mass is 260 g/mol. The molecule has 2 nitrogen and oxygen atoms in total. The summed E-state index contributed by atoms with van der Waals surface area (Å²) in [7, 11) is 0. The zero-order valence-electron chi connectivity index (χ0n) is 11.1. The Morgan fingerprint density at radius 1 is 1.06 bits per heavy atom. The fourth-order valence-corrected chi connectivity index (χ4v) is 3.04. The first kappa shape index (κ1) is 13.2. The molecule has 0 saturated heterocycles. The lowest BCUT2D eigenvalue weighted by Crippen LogP contribution is -2.12. The van der Waals surface area contributed by atoms with E-state index in [2.05, 4.69) is 48.4 Å². The second kappa shape index (κ2) is 6.66. The predicted molar refractivity (Wildman–Crippen MR) is 77.9 cm³/mol. The van der Waals surface area contributed by atoms with Crippen molar-refractivity contribution in [2.75, 3.05) is 0 Å². The van der Waals surface area contributed by atoms with Crippen LogP contribution in [-0.4, -0.2) is 4.98 Å². The van der Waals surface area contributed by atoms with Crippen LogP contribution in [0, 0.1) is 0 Å². The standard InChI is InChI=1S/C15H20N2S/c1-3-13-14(4-2)18-15(17-13)11-16-10-12-8-6-5-7-9-12/h5-9,16H,3-4,10-11H2,1-2H3. The molecule has 0 fully saturated rings. The molecule has 1 heterocycles. The molecule has 1 N–H and O–H groups in total. The smallest absolute Gasteiger partial charge is 0.107 e. The van der Waals surface area contributed by atoms with Crippen molar-refractivity contribution >= 4 is 11.3 Å². The first-order valence-electron chi connectivity index (χ1n) is 6.55. The highest BCUT2D eigenvalue weighted by Gasteiger charge is 2.07. The summed E-state index contributed by atoms with van der Waals surface area (Å²) in [6.07, 6.45) is 2.14. The van der Waals surface area contributed by atoms with E-state index in [1.165, 1.54) is 21.1 Å². The summed E-state index contributed by atoms with van der Waals surface area (Å²) in [5.74, 6) is 0. The molecule has 3 heteroatoms. The molecular weight excluding hydrogens is 240 g/mol. The summed E-state index contributed by atoms with van der Waals surface area (Å²) in [5, 5.41) is 4.66. The number of aryl methyl sites for hydroxylation is 2. The molecule has 0 spiro atoms. The highest BCUT2D eigenvalue weighted by molar-refractivity contribution is 7.11. The number of hydrogen-bond acceptors (Lipinski definition) is 3. The van der Waals surface area contributed by atoms with Crippen LogP contribution < -0.4 is 5.32 Å². The van der Waals surface area contributed by atoms with E-state index in [1.54, 1.807) is 0 Å². The SMILES string of the molecule is CCc1nc(CNCc2ccccc2)sc1CC. The van der Waals surface area contributed by atoms with E-state index in [1.807, 2.05) is 17.4 Å². The molecule has 2 rings (SSSR count). The quantitative estimate of drug-likeness (QED) is 0.859. The van der Waals surface area contributed by atoms with Gasteiger partial charge >= 0.3 is 0 Å². The van der Waals surface area contributed by atoms with Crippen LogP contribution in [0.25, 0.3) is 0 Å². The normalized spacial score (nSPS) is 10.8. The van der Waals surface area contributed by atoms with E-state index >= 15 is 0 Å². The highest BCUT2D eigenvalue weighted by Crippen LogP contribution is 2.19. The van der Waals surface area contributed by atoms with Crippen LogP contribution in [0.5, 0.6) is 0 Å². The molecule has 0 radical (unpaired) electrons. The first-order chi connectivity index (χ1) is 8.83. The molecule has 0 atom stereocenters. The van der Waals surface area contributed by atoms with Gasteiger partial charge in [-0.2, -0.15) is 0 Å². The minimum atomic E-state index is 0.868. The van der Waals surface area contributed by atoms with Crippen LogP contribution in [0.4, 0.5) is 0 Å². The van der Waals surface area contributed by atoms with Gasteiger partial charge < -0.3 is 5.32 Å². The van der Waals surface area contributed by atoms with Gasteiger partial charge in [0.05, 0.1) is 5.69 Å². The predicted octanol–water partition coefficient (Wildman–Crippen LogP) is 3.56. The third kappa shape index (κ3) is 3.40. The van der Waals surface area contributed by atoms with Gasteiger partial charge in [-0.25, -0.2) is 4.98 Å². The van der Waals surface area contributed by atoms with Crippen LogP contribution in [0.15, 0.2) is 30.3 Å². The maximum atomic E-state index is 4.69. The summed E-state index contributed by atoms with van der Waals surface area (Å²) in [4.78, 5) is 6.13. The number of nitrogens with one attached hydrogen (secondary N) is 1. The Kier molecular flexibility index (Phi) is 4.90. The molecule has 0 aliphatic heterocycles. The lowest BCUT2D eigenvalue weighted by molar-refractivity contribution is 0.688. The largest absolute Gasteiger partial charge is 0.306 e. The van der Waals surface area contributed by atoms with Crippen molar-refractivity contribution in [3.8, 4) is 0 Å². The summed E-state index contributed by atoms with van der Waals surface area (Å²) < 4.78 is 0. The van der Waals surface area contributed by atoms with Gasteiger partial charge in [-0.05, 0) is 18.4 Å². The van der Waals surface area contributed by atoms with Crippen LogP contribution >= 0.6 is 11.3 Å². The van der Waals surface area contributed by atoms with Crippen molar-refractivity contribution in [3.05, 3.63) is 51.5 Å². The molecule has 18 heavy (non-hydrogen) atoms. The van der Waals surface area contributed by atoms with Gasteiger partial charge in [0.1, 0.15) is 5.01 Å². The maximum Gasteiger partial charge on any atom is 0.107 e. The van der Waals surface area contributed by atoms with E-state index in [0.717, 1.165) is 25.9 Å². The zero-order chi connectivity index (χ0) is 12.8. The molecule has 96 valence electrons. The maximum absolute atomic E-state index is 4.69. The van der Waals surface area contributed by atoms with Crippen molar-refractivity contribution in [2.45, 2.75) is 39.8 Å². The molecule has 0 unspecified atom stereocenters. The molecule has 0 bridgehead atoms. The number of nitrogens with zero attached hydrogens (tertiary/aromatic N) is 1. The molecule has 0 aliphatic rings. The lowest BCUT2D eigenvalue weighted by atomic mass is 10.2. The Bertz CT molecular complexity index is 455. The van der Waals surface area contributed by atoms with Gasteiger partial charge in [-0.15, -0.1) is 11.3 Å². The van der Waals surface area contributed by atoms with Crippen molar-refractivity contribution < 1.29 is 0 Å². The average molecular weight is 260 g/mol. The Morgan fingerprint density at radius 2 is 1.83 bits per heavy atom. The number of rotatable bonds is 6. The van der Waals surface area contributed by atoms with Crippen LogP contribution in [0.3, 0.4) is 0 Å². The molecule has 0 saturated carbocycles. The van der Waals surface area contributed by atoms with E-state index in [-0.39, 0.29) is 0 Å². The fraction of sp³-hybridized carbons (Fsp3) is 0.400. The van der Waals surface area contributed by atoms with Gasteiger partial charge in [0.25, 0.3) is 0 Å². The van der Waals surface area contributed by atoms with E-state index < -0.39 is 0 Å². The topological polar surface area (TPSA) is 24.9 Å². The van der Waals surface area contributed by atoms with Gasteiger partial charge in [0.2, 0.25) is 0 Å². The second-order valence-electron chi connectivity index (χ2n) is 4.27. The van der Waals surface area contributed by atoms with Gasteiger partial charge in [-0.3, -0.25) is 0 Å². The Balaban J connectivity index is 1.88. The number of hydrogen-bond donors (Lipinski definition) is 1. The number of benzene rings is 1. The first-order valence-corrected chi connectivity index (χ1v) is 7.37. The molecule has 0 aliphatic carbocycles. The fourth-order valence-electron chi connectivity index (χ4n) is 1.97.